The van der Waals surface area contributed by atoms with Gasteiger partial charge in [0.2, 0.25) is 0 Å². The fraction of sp³-hybridized carbons (Fsp3) is 1.00. The first-order valence-electron chi connectivity index (χ1n) is 2.91. The van der Waals surface area contributed by atoms with Crippen molar-refractivity contribution in [2.45, 2.75) is 18.7 Å². The summed E-state index contributed by atoms with van der Waals surface area (Å²) in [6.07, 6.45) is 1.01. The monoisotopic (exact) mass is 116 g/mol. The number of aliphatic hydroxyl groups excluding tert-OH is 1. The quantitative estimate of drug-likeness (QED) is 0.407. The fourth-order valence-electron chi connectivity index (χ4n) is 0.937. The van der Waals surface area contributed by atoms with E-state index in [4.69, 9.17) is 5.11 Å². The summed E-state index contributed by atoms with van der Waals surface area (Å²) in [7, 11) is 1.88. The van der Waals surface area contributed by atoms with Gasteiger partial charge in [0.25, 0.3) is 0 Å². The highest BCUT2D eigenvalue weighted by Gasteiger charge is 2.19. The average Bonchev–Trinajstić information content (AvgIpc) is 2.14. The predicted molar refractivity (Wildman–Crippen MR) is 31.5 cm³/mol. The lowest BCUT2D eigenvalue weighted by Gasteiger charge is -2.05. The first-order valence-corrected chi connectivity index (χ1v) is 2.91. The molecule has 0 amide bonds. The van der Waals surface area contributed by atoms with Crippen LogP contribution in [0.15, 0.2) is 0 Å². The van der Waals surface area contributed by atoms with Crippen molar-refractivity contribution < 1.29 is 5.11 Å². The normalized spacial score (nSPS) is 38.2. The smallest absolute Gasteiger partial charge is 0.0692 e. The van der Waals surface area contributed by atoms with E-state index in [1.807, 2.05) is 7.05 Å². The number of nitrogens with one attached hydrogen (secondary N) is 2. The van der Waals surface area contributed by atoms with E-state index in [-0.39, 0.29) is 6.10 Å². The molecule has 0 spiro atoms. The largest absolute Gasteiger partial charge is 0.392 e. The highest BCUT2D eigenvalue weighted by molar-refractivity contribution is 4.77. The third-order valence-electron chi connectivity index (χ3n) is 1.46. The Morgan fingerprint density at radius 1 is 1.75 bits per heavy atom. The molecule has 1 saturated heterocycles. The van der Waals surface area contributed by atoms with Crippen molar-refractivity contribution in [1.82, 2.24) is 10.6 Å². The molecular formula is C5H12N2O. The molecule has 0 radical (unpaired) electrons. The zero-order valence-electron chi connectivity index (χ0n) is 5.02. The molecule has 0 aromatic rings. The zero-order valence-corrected chi connectivity index (χ0v) is 5.02. The molecule has 0 bridgehead atoms. The topological polar surface area (TPSA) is 44.3 Å². The van der Waals surface area contributed by atoms with Gasteiger partial charge in [0.1, 0.15) is 0 Å². The minimum Gasteiger partial charge on any atom is -0.392 e. The maximum atomic E-state index is 8.93. The van der Waals surface area contributed by atoms with Crippen molar-refractivity contribution in [3.63, 3.8) is 0 Å². The summed E-state index contributed by atoms with van der Waals surface area (Å²) in [5.41, 5.74) is 0. The van der Waals surface area contributed by atoms with Gasteiger partial charge < -0.3 is 10.4 Å². The number of hydrogen-bond acceptors (Lipinski definition) is 3. The molecule has 0 aliphatic carbocycles. The van der Waals surface area contributed by atoms with Crippen LogP contribution in [-0.2, 0) is 0 Å². The lowest BCUT2D eigenvalue weighted by atomic mass is 10.3. The summed E-state index contributed by atoms with van der Waals surface area (Å²) in [5.74, 6) is 0. The van der Waals surface area contributed by atoms with Gasteiger partial charge in [-0.15, -0.1) is 0 Å². The van der Waals surface area contributed by atoms with Crippen LogP contribution < -0.4 is 10.6 Å². The van der Waals surface area contributed by atoms with E-state index in [0.29, 0.717) is 6.17 Å². The van der Waals surface area contributed by atoms with Crippen LogP contribution in [0.3, 0.4) is 0 Å². The molecule has 0 aromatic heterocycles. The number of rotatable bonds is 1. The second-order valence-corrected chi connectivity index (χ2v) is 2.14. The van der Waals surface area contributed by atoms with E-state index in [1.165, 1.54) is 0 Å². The molecule has 1 aliphatic rings. The van der Waals surface area contributed by atoms with Crippen LogP contribution in [0, 0.1) is 0 Å². The van der Waals surface area contributed by atoms with Crippen LogP contribution in [0.2, 0.25) is 0 Å². The fourth-order valence-corrected chi connectivity index (χ4v) is 0.937. The third-order valence-corrected chi connectivity index (χ3v) is 1.46. The number of aliphatic hydroxyl groups is 1. The molecule has 3 heteroatoms. The van der Waals surface area contributed by atoms with Crippen LogP contribution in [0.4, 0.5) is 0 Å². The number of β-amino-alcohol motifs (C(OH)–C–C–N with tert-alkyl or cyclic N) is 1. The Labute approximate surface area is 49.1 Å². The minimum atomic E-state index is -0.146. The summed E-state index contributed by atoms with van der Waals surface area (Å²) >= 11 is 0. The van der Waals surface area contributed by atoms with Crippen molar-refractivity contribution in [2.75, 3.05) is 13.6 Å². The first-order chi connectivity index (χ1) is 3.83. The molecule has 1 rings (SSSR count). The Hall–Kier alpha value is -0.120. The average molecular weight is 116 g/mol. The molecule has 0 aromatic carbocycles. The molecule has 3 N–H and O–H groups in total. The molecule has 8 heavy (non-hydrogen) atoms. The summed E-state index contributed by atoms with van der Waals surface area (Å²) < 4.78 is 0. The lowest BCUT2D eigenvalue weighted by molar-refractivity contribution is 0.192. The summed E-state index contributed by atoms with van der Waals surface area (Å²) in [5, 5.41) is 15.0. The summed E-state index contributed by atoms with van der Waals surface area (Å²) in [6.45, 7) is 0.728. The Kier molecular flexibility index (Phi) is 1.83. The van der Waals surface area contributed by atoms with Crippen LogP contribution in [-0.4, -0.2) is 31.0 Å². The van der Waals surface area contributed by atoms with Crippen molar-refractivity contribution in [2.24, 2.45) is 0 Å². The first kappa shape index (κ1) is 6.01. The Morgan fingerprint density at radius 3 is 2.75 bits per heavy atom. The standard InChI is InChI=1S/C5H12N2O/c1-6-5-2-4(8)3-7-5/h4-8H,2-3H2,1H3. The van der Waals surface area contributed by atoms with Crippen LogP contribution in [0.1, 0.15) is 6.42 Å². The van der Waals surface area contributed by atoms with E-state index in [1.54, 1.807) is 0 Å². The maximum absolute atomic E-state index is 8.93. The van der Waals surface area contributed by atoms with Gasteiger partial charge in [-0.25, -0.2) is 0 Å². The summed E-state index contributed by atoms with van der Waals surface area (Å²) in [6, 6.07) is 0. The van der Waals surface area contributed by atoms with Gasteiger partial charge >= 0.3 is 0 Å². The predicted octanol–water partition coefficient (Wildman–Crippen LogP) is -1.11. The Bertz CT molecular complexity index is 76.8. The Morgan fingerprint density at radius 2 is 2.50 bits per heavy atom. The van der Waals surface area contributed by atoms with Gasteiger partial charge in [-0.05, 0) is 7.05 Å². The molecule has 48 valence electrons. The van der Waals surface area contributed by atoms with Crippen molar-refractivity contribution in [1.29, 1.82) is 0 Å². The van der Waals surface area contributed by atoms with Crippen LogP contribution >= 0.6 is 0 Å². The SMILES string of the molecule is CNC1CC(O)CN1. The van der Waals surface area contributed by atoms with Gasteiger partial charge in [0.05, 0.1) is 12.3 Å². The van der Waals surface area contributed by atoms with Crippen LogP contribution in [0.25, 0.3) is 0 Å². The lowest BCUT2D eigenvalue weighted by Crippen LogP contribution is -2.34. The molecule has 2 unspecified atom stereocenters. The molecule has 0 saturated carbocycles. The third kappa shape index (κ3) is 1.18. The summed E-state index contributed by atoms with van der Waals surface area (Å²) in [4.78, 5) is 0. The van der Waals surface area contributed by atoms with Gasteiger partial charge in [0.15, 0.2) is 0 Å². The highest BCUT2D eigenvalue weighted by Crippen LogP contribution is 2.01. The van der Waals surface area contributed by atoms with E-state index in [2.05, 4.69) is 10.6 Å². The van der Waals surface area contributed by atoms with Crippen molar-refractivity contribution >= 4 is 0 Å². The van der Waals surface area contributed by atoms with E-state index in [0.717, 1.165) is 13.0 Å². The number of hydrogen-bond donors (Lipinski definition) is 3. The van der Waals surface area contributed by atoms with Crippen LogP contribution in [0.5, 0.6) is 0 Å². The second-order valence-electron chi connectivity index (χ2n) is 2.14. The van der Waals surface area contributed by atoms with E-state index >= 15 is 0 Å². The van der Waals surface area contributed by atoms with E-state index < -0.39 is 0 Å². The maximum Gasteiger partial charge on any atom is 0.0692 e. The highest BCUT2D eigenvalue weighted by atomic mass is 16.3. The Balaban J connectivity index is 2.22. The van der Waals surface area contributed by atoms with Gasteiger partial charge in [-0.3, -0.25) is 5.32 Å². The molecule has 2 atom stereocenters. The molecular weight excluding hydrogens is 104 g/mol. The van der Waals surface area contributed by atoms with Crippen molar-refractivity contribution in [3.05, 3.63) is 0 Å². The molecule has 1 aliphatic heterocycles. The minimum absolute atomic E-state index is 0.146. The molecule has 3 nitrogen and oxygen atoms in total. The zero-order chi connectivity index (χ0) is 5.98. The van der Waals surface area contributed by atoms with Gasteiger partial charge in [0, 0.05) is 13.0 Å². The van der Waals surface area contributed by atoms with Gasteiger partial charge in [-0.2, -0.15) is 0 Å². The molecule has 1 fully saturated rings. The van der Waals surface area contributed by atoms with Gasteiger partial charge in [-0.1, -0.05) is 0 Å². The van der Waals surface area contributed by atoms with Crippen molar-refractivity contribution in [3.8, 4) is 0 Å². The molecule has 1 heterocycles. The second kappa shape index (κ2) is 2.44. The van der Waals surface area contributed by atoms with E-state index in [9.17, 15) is 0 Å².